The molecule has 3 aromatic carbocycles. The quantitative estimate of drug-likeness (QED) is 0.324. The van der Waals surface area contributed by atoms with E-state index in [4.69, 9.17) is 33.0 Å². The highest BCUT2D eigenvalue weighted by atomic mass is 79.9. The van der Waals surface area contributed by atoms with E-state index in [1.165, 1.54) is 0 Å². The van der Waals surface area contributed by atoms with Crippen LogP contribution in [-0.4, -0.2) is 10.7 Å². The Bertz CT molecular complexity index is 1140. The van der Waals surface area contributed by atoms with Crippen LogP contribution in [-0.2, 0) is 0 Å². The van der Waals surface area contributed by atoms with Gasteiger partial charge in [-0.2, -0.15) is 5.10 Å². The van der Waals surface area contributed by atoms with Crippen molar-refractivity contribution in [2.24, 2.45) is 5.10 Å². The molecule has 29 heavy (non-hydrogen) atoms. The molecule has 0 spiro atoms. The number of hydrogen-bond acceptors (Lipinski definition) is 3. The van der Waals surface area contributed by atoms with Crippen molar-refractivity contribution in [2.75, 3.05) is 0 Å². The molecule has 0 fully saturated rings. The molecular formula is C22H14Br2Cl2N2O. The first-order chi connectivity index (χ1) is 14.0. The monoisotopic (exact) mass is 550 g/mol. The molecule has 0 saturated carbocycles. The number of hydrogen-bond donors (Lipinski definition) is 0. The minimum atomic E-state index is -0.448. The fourth-order valence-electron chi connectivity index (χ4n) is 3.83. The maximum Gasteiger partial charge on any atom is 0.215 e. The van der Waals surface area contributed by atoms with Crippen molar-refractivity contribution in [3.05, 3.63) is 96.3 Å². The lowest BCUT2D eigenvalue weighted by Crippen LogP contribution is -2.34. The molecule has 2 heterocycles. The average Bonchev–Trinajstić information content (AvgIpc) is 3.15. The summed E-state index contributed by atoms with van der Waals surface area (Å²) in [5, 5.41) is 8.12. The number of rotatable bonds is 2. The highest BCUT2D eigenvalue weighted by molar-refractivity contribution is 9.11. The van der Waals surface area contributed by atoms with E-state index in [1.807, 2.05) is 41.4 Å². The standard InChI is InChI=1S/C22H14Br2Cl2N2O/c23-13-8-16-20-11-19(12-4-2-1-3-5-12)27-28(20)22(29-21(16)17(24)9-13)15-7-6-14(25)10-18(15)26/h1-10,20,22H,11H2/t20-,22+/m0/s1. The van der Waals surface area contributed by atoms with Crippen LogP contribution in [0.5, 0.6) is 5.75 Å². The number of benzene rings is 3. The summed E-state index contributed by atoms with van der Waals surface area (Å²) >= 11 is 19.9. The van der Waals surface area contributed by atoms with Gasteiger partial charge in [-0.25, -0.2) is 5.01 Å². The molecule has 2 aliphatic rings. The lowest BCUT2D eigenvalue weighted by atomic mass is 9.96. The first-order valence-electron chi connectivity index (χ1n) is 9.03. The lowest BCUT2D eigenvalue weighted by Gasteiger charge is -2.39. The van der Waals surface area contributed by atoms with Crippen LogP contribution < -0.4 is 4.74 Å². The second kappa shape index (κ2) is 7.62. The molecule has 0 aromatic heterocycles. The normalized spacial score (nSPS) is 20.0. The molecule has 146 valence electrons. The largest absolute Gasteiger partial charge is 0.463 e. The average molecular weight is 553 g/mol. The number of hydrazone groups is 1. The van der Waals surface area contributed by atoms with Crippen molar-refractivity contribution in [3.8, 4) is 5.75 Å². The van der Waals surface area contributed by atoms with Gasteiger partial charge in [0.25, 0.3) is 0 Å². The zero-order valence-electron chi connectivity index (χ0n) is 14.9. The third-order valence-electron chi connectivity index (χ3n) is 5.14. The van der Waals surface area contributed by atoms with E-state index in [0.29, 0.717) is 10.0 Å². The lowest BCUT2D eigenvalue weighted by molar-refractivity contribution is -0.0196. The summed E-state index contributed by atoms with van der Waals surface area (Å²) in [5.74, 6) is 0.815. The van der Waals surface area contributed by atoms with Gasteiger partial charge in [-0.05, 0) is 45.8 Å². The van der Waals surface area contributed by atoms with E-state index in [9.17, 15) is 0 Å². The van der Waals surface area contributed by atoms with Crippen LogP contribution in [0.1, 0.15) is 35.4 Å². The second-order valence-corrected chi connectivity index (χ2v) is 9.57. The Morgan fingerprint density at radius 3 is 2.52 bits per heavy atom. The zero-order valence-corrected chi connectivity index (χ0v) is 19.6. The molecule has 7 heteroatoms. The highest BCUT2D eigenvalue weighted by Gasteiger charge is 2.42. The van der Waals surface area contributed by atoms with Gasteiger partial charge in [0.15, 0.2) is 0 Å². The van der Waals surface area contributed by atoms with Gasteiger partial charge in [-0.3, -0.25) is 0 Å². The minimum Gasteiger partial charge on any atom is -0.463 e. The molecule has 2 atom stereocenters. The van der Waals surface area contributed by atoms with Crippen molar-refractivity contribution in [3.63, 3.8) is 0 Å². The van der Waals surface area contributed by atoms with E-state index >= 15 is 0 Å². The van der Waals surface area contributed by atoms with Gasteiger partial charge < -0.3 is 4.74 Å². The van der Waals surface area contributed by atoms with Gasteiger partial charge in [-0.1, -0.05) is 75.5 Å². The Labute approximate surface area is 195 Å². The Morgan fingerprint density at radius 1 is 0.966 bits per heavy atom. The molecule has 0 N–H and O–H groups in total. The zero-order chi connectivity index (χ0) is 20.1. The predicted molar refractivity (Wildman–Crippen MR) is 124 cm³/mol. The van der Waals surface area contributed by atoms with Crippen LogP contribution >= 0.6 is 55.1 Å². The van der Waals surface area contributed by atoms with E-state index in [0.717, 1.165) is 43.5 Å². The third-order valence-corrected chi connectivity index (χ3v) is 6.75. The van der Waals surface area contributed by atoms with Crippen molar-refractivity contribution in [1.82, 2.24) is 5.01 Å². The molecule has 3 aromatic rings. The summed E-state index contributed by atoms with van der Waals surface area (Å²) in [6.45, 7) is 0. The fourth-order valence-corrected chi connectivity index (χ4v) is 5.68. The molecule has 0 saturated heterocycles. The van der Waals surface area contributed by atoms with E-state index in [-0.39, 0.29) is 6.04 Å². The van der Waals surface area contributed by atoms with Crippen LogP contribution in [0.15, 0.2) is 74.7 Å². The van der Waals surface area contributed by atoms with Crippen molar-refractivity contribution in [1.29, 1.82) is 0 Å². The molecule has 3 nitrogen and oxygen atoms in total. The summed E-state index contributed by atoms with van der Waals surface area (Å²) < 4.78 is 8.33. The maximum absolute atomic E-state index is 6.54. The molecule has 2 aliphatic heterocycles. The van der Waals surface area contributed by atoms with Crippen LogP contribution in [0.25, 0.3) is 0 Å². The van der Waals surface area contributed by atoms with E-state index < -0.39 is 6.23 Å². The first-order valence-corrected chi connectivity index (χ1v) is 11.4. The topological polar surface area (TPSA) is 24.8 Å². The Kier molecular flexibility index (Phi) is 5.11. The number of nitrogens with zero attached hydrogens (tertiary/aromatic N) is 2. The molecule has 0 radical (unpaired) electrons. The van der Waals surface area contributed by atoms with Crippen LogP contribution in [0, 0.1) is 0 Å². The summed E-state index contributed by atoms with van der Waals surface area (Å²) in [6.07, 6.45) is 0.335. The van der Waals surface area contributed by atoms with Crippen molar-refractivity contribution >= 4 is 60.8 Å². The molecule has 0 unspecified atom stereocenters. The van der Waals surface area contributed by atoms with Crippen molar-refractivity contribution < 1.29 is 4.74 Å². The molecule has 5 rings (SSSR count). The summed E-state index contributed by atoms with van der Waals surface area (Å²) in [4.78, 5) is 0. The highest BCUT2D eigenvalue weighted by Crippen LogP contribution is 2.51. The summed E-state index contributed by atoms with van der Waals surface area (Å²) in [6, 6.07) is 19.8. The SMILES string of the molecule is Clc1ccc([C@H]2Oc3c(Br)cc(Br)cc3[C@@H]3CC(c4ccccc4)=NN23)c(Cl)c1. The molecule has 0 bridgehead atoms. The number of ether oxygens (including phenoxy) is 1. The van der Waals surface area contributed by atoms with Crippen molar-refractivity contribution in [2.45, 2.75) is 18.7 Å². The minimum absolute atomic E-state index is 0.0412. The van der Waals surface area contributed by atoms with Gasteiger partial charge >= 0.3 is 0 Å². The van der Waals surface area contributed by atoms with Crippen LogP contribution in [0.3, 0.4) is 0 Å². The van der Waals surface area contributed by atoms with Gasteiger partial charge in [0.05, 0.1) is 21.2 Å². The molecule has 0 amide bonds. The second-order valence-electron chi connectivity index (χ2n) is 6.95. The Balaban J connectivity index is 1.66. The Hall–Kier alpha value is -1.53. The number of halogens is 4. The number of fused-ring (bicyclic) bond motifs is 3. The van der Waals surface area contributed by atoms with E-state index in [2.05, 4.69) is 50.1 Å². The smallest absolute Gasteiger partial charge is 0.215 e. The maximum atomic E-state index is 6.54. The summed E-state index contributed by atoms with van der Waals surface area (Å²) in [7, 11) is 0. The van der Waals surface area contributed by atoms with Crippen LogP contribution in [0.2, 0.25) is 10.0 Å². The van der Waals surface area contributed by atoms with Gasteiger partial charge in [0.1, 0.15) is 5.75 Å². The predicted octanol–water partition coefficient (Wildman–Crippen LogP) is 7.76. The third kappa shape index (κ3) is 3.48. The van der Waals surface area contributed by atoms with E-state index in [1.54, 1.807) is 6.07 Å². The van der Waals surface area contributed by atoms with Gasteiger partial charge in [0.2, 0.25) is 6.23 Å². The molecule has 0 aliphatic carbocycles. The first kappa shape index (κ1) is 19.4. The fraction of sp³-hybridized carbons (Fsp3) is 0.136. The van der Waals surface area contributed by atoms with Gasteiger partial charge in [-0.15, -0.1) is 0 Å². The Morgan fingerprint density at radius 2 is 1.76 bits per heavy atom. The summed E-state index contributed by atoms with van der Waals surface area (Å²) in [5.41, 5.74) is 4.05. The van der Waals surface area contributed by atoms with Crippen LogP contribution in [0.4, 0.5) is 0 Å². The van der Waals surface area contributed by atoms with Gasteiger partial charge in [0, 0.05) is 27.0 Å². The molecular weight excluding hydrogens is 539 g/mol.